The average Bonchev–Trinajstić information content (AvgIpc) is 2.74. The maximum Gasteiger partial charge on any atom is 0.153 e. The molecule has 0 fully saturated rings. The highest BCUT2D eigenvalue weighted by molar-refractivity contribution is 6.33. The van der Waals surface area contributed by atoms with Crippen LogP contribution in [0.3, 0.4) is 0 Å². The van der Waals surface area contributed by atoms with E-state index in [2.05, 4.69) is 5.10 Å². The Bertz CT molecular complexity index is 565. The Labute approximate surface area is 111 Å². The summed E-state index contributed by atoms with van der Waals surface area (Å²) in [6, 6.07) is 5.43. The van der Waals surface area contributed by atoms with Gasteiger partial charge in [-0.3, -0.25) is 9.48 Å². The first-order valence-electron chi connectivity index (χ1n) is 5.54. The van der Waals surface area contributed by atoms with Crippen molar-refractivity contribution in [2.45, 2.75) is 6.54 Å². The van der Waals surface area contributed by atoms with Crippen LogP contribution in [0, 0.1) is 0 Å². The fourth-order valence-corrected chi connectivity index (χ4v) is 2.10. The molecule has 0 aliphatic heterocycles. The van der Waals surface area contributed by atoms with Gasteiger partial charge in [0, 0.05) is 38.1 Å². The zero-order valence-corrected chi connectivity index (χ0v) is 11.1. The molecule has 1 aromatic heterocycles. The van der Waals surface area contributed by atoms with Crippen LogP contribution in [-0.2, 0) is 13.6 Å². The summed E-state index contributed by atoms with van der Waals surface area (Å²) < 4.78 is 1.75. The fourth-order valence-electron chi connectivity index (χ4n) is 1.89. The molecule has 0 aliphatic rings. The molecule has 0 unspecified atom stereocenters. The van der Waals surface area contributed by atoms with Gasteiger partial charge in [-0.15, -0.1) is 0 Å². The molecule has 0 radical (unpaired) electrons. The van der Waals surface area contributed by atoms with Crippen LogP contribution in [0.15, 0.2) is 30.6 Å². The van der Waals surface area contributed by atoms with Crippen molar-refractivity contribution >= 4 is 23.6 Å². The van der Waals surface area contributed by atoms with Crippen molar-refractivity contribution in [3.8, 4) is 0 Å². The van der Waals surface area contributed by atoms with Gasteiger partial charge in [0.1, 0.15) is 0 Å². The number of carbonyl (C=O) groups is 1. The number of nitrogens with zero attached hydrogens (tertiary/aromatic N) is 3. The molecule has 94 valence electrons. The molecule has 18 heavy (non-hydrogen) atoms. The lowest BCUT2D eigenvalue weighted by atomic mass is 10.1. The number of hydrogen-bond acceptors (Lipinski definition) is 3. The van der Waals surface area contributed by atoms with E-state index in [1.807, 2.05) is 43.5 Å². The molecule has 4 nitrogen and oxygen atoms in total. The number of hydrogen-bond donors (Lipinski definition) is 0. The molecule has 1 aromatic carbocycles. The van der Waals surface area contributed by atoms with Crippen molar-refractivity contribution in [3.63, 3.8) is 0 Å². The third kappa shape index (κ3) is 2.54. The largest absolute Gasteiger partial charge is 0.370 e. The number of aromatic nitrogens is 2. The number of rotatable bonds is 4. The Morgan fingerprint density at radius 3 is 2.89 bits per heavy atom. The third-order valence-corrected chi connectivity index (χ3v) is 3.07. The van der Waals surface area contributed by atoms with Crippen molar-refractivity contribution in [1.82, 2.24) is 9.78 Å². The van der Waals surface area contributed by atoms with Crippen LogP contribution in [0.5, 0.6) is 0 Å². The summed E-state index contributed by atoms with van der Waals surface area (Å²) in [5.41, 5.74) is 2.42. The van der Waals surface area contributed by atoms with E-state index in [0.717, 1.165) is 17.5 Å². The molecule has 2 aromatic rings. The van der Waals surface area contributed by atoms with Crippen molar-refractivity contribution < 1.29 is 4.79 Å². The lowest BCUT2D eigenvalue weighted by Crippen LogP contribution is -2.17. The highest BCUT2D eigenvalue weighted by atomic mass is 35.5. The number of halogens is 1. The topological polar surface area (TPSA) is 38.1 Å². The van der Waals surface area contributed by atoms with Crippen molar-refractivity contribution in [1.29, 1.82) is 0 Å². The Morgan fingerprint density at radius 1 is 1.50 bits per heavy atom. The standard InChI is InChI=1S/C13H14ClN3O/c1-16(7-10-6-15-17(2)8-10)13-5-3-4-12(14)11(13)9-18/h3-6,8-9H,7H2,1-2H3. The summed E-state index contributed by atoms with van der Waals surface area (Å²) in [5, 5.41) is 4.59. The van der Waals surface area contributed by atoms with E-state index < -0.39 is 0 Å². The molecule has 0 saturated heterocycles. The van der Waals surface area contributed by atoms with Gasteiger partial charge in [0.2, 0.25) is 0 Å². The predicted molar refractivity (Wildman–Crippen MR) is 72.2 cm³/mol. The summed E-state index contributed by atoms with van der Waals surface area (Å²) in [5.74, 6) is 0. The summed E-state index contributed by atoms with van der Waals surface area (Å²) in [6.45, 7) is 0.676. The van der Waals surface area contributed by atoms with Gasteiger partial charge < -0.3 is 4.90 Å². The minimum Gasteiger partial charge on any atom is -0.370 e. The van der Waals surface area contributed by atoms with E-state index in [1.165, 1.54) is 0 Å². The van der Waals surface area contributed by atoms with E-state index in [-0.39, 0.29) is 0 Å². The lowest BCUT2D eigenvalue weighted by molar-refractivity contribution is 0.112. The first kappa shape index (κ1) is 12.6. The van der Waals surface area contributed by atoms with Gasteiger partial charge in [-0.2, -0.15) is 5.10 Å². The fraction of sp³-hybridized carbons (Fsp3) is 0.231. The van der Waals surface area contributed by atoms with Crippen LogP contribution in [0.1, 0.15) is 15.9 Å². The highest BCUT2D eigenvalue weighted by Gasteiger charge is 2.11. The Kier molecular flexibility index (Phi) is 3.67. The molecule has 0 atom stereocenters. The van der Waals surface area contributed by atoms with Gasteiger partial charge in [-0.1, -0.05) is 17.7 Å². The maximum absolute atomic E-state index is 11.1. The predicted octanol–water partition coefficient (Wildman–Crippen LogP) is 2.52. The van der Waals surface area contributed by atoms with E-state index >= 15 is 0 Å². The second-order valence-electron chi connectivity index (χ2n) is 4.17. The van der Waals surface area contributed by atoms with Gasteiger partial charge in [-0.25, -0.2) is 0 Å². The number of anilines is 1. The third-order valence-electron chi connectivity index (χ3n) is 2.74. The summed E-state index contributed by atoms with van der Waals surface area (Å²) in [7, 11) is 3.80. The lowest BCUT2D eigenvalue weighted by Gasteiger charge is -2.20. The van der Waals surface area contributed by atoms with Crippen molar-refractivity contribution in [2.75, 3.05) is 11.9 Å². The molecular formula is C13H14ClN3O. The van der Waals surface area contributed by atoms with Crippen LogP contribution in [0.2, 0.25) is 5.02 Å². The minimum atomic E-state index is 0.473. The quantitative estimate of drug-likeness (QED) is 0.796. The summed E-state index contributed by atoms with van der Waals surface area (Å²) >= 11 is 6.01. The monoisotopic (exact) mass is 263 g/mol. The van der Waals surface area contributed by atoms with Gasteiger partial charge in [0.25, 0.3) is 0 Å². The van der Waals surface area contributed by atoms with Gasteiger partial charge in [0.15, 0.2) is 6.29 Å². The Hall–Kier alpha value is -1.81. The van der Waals surface area contributed by atoms with Crippen molar-refractivity contribution in [2.24, 2.45) is 7.05 Å². The molecule has 0 amide bonds. The molecule has 2 rings (SSSR count). The first-order chi connectivity index (χ1) is 8.61. The van der Waals surface area contributed by atoms with Crippen LogP contribution >= 0.6 is 11.6 Å². The number of benzene rings is 1. The van der Waals surface area contributed by atoms with E-state index in [9.17, 15) is 4.79 Å². The zero-order chi connectivity index (χ0) is 13.1. The molecule has 0 spiro atoms. The molecule has 0 aliphatic carbocycles. The Morgan fingerprint density at radius 2 is 2.28 bits per heavy atom. The van der Waals surface area contributed by atoms with Crippen LogP contribution in [0.25, 0.3) is 0 Å². The summed E-state index contributed by atoms with van der Waals surface area (Å²) in [6.07, 6.45) is 4.54. The first-order valence-corrected chi connectivity index (χ1v) is 5.92. The maximum atomic E-state index is 11.1. The minimum absolute atomic E-state index is 0.473. The van der Waals surface area contributed by atoms with E-state index in [4.69, 9.17) is 11.6 Å². The van der Waals surface area contributed by atoms with Gasteiger partial charge >= 0.3 is 0 Å². The van der Waals surface area contributed by atoms with Crippen LogP contribution in [-0.4, -0.2) is 23.1 Å². The van der Waals surface area contributed by atoms with E-state index in [1.54, 1.807) is 10.7 Å². The molecule has 5 heteroatoms. The molecule has 0 bridgehead atoms. The van der Waals surface area contributed by atoms with Crippen molar-refractivity contribution in [3.05, 3.63) is 46.7 Å². The normalized spacial score (nSPS) is 10.4. The molecular weight excluding hydrogens is 250 g/mol. The molecule has 1 heterocycles. The second-order valence-corrected chi connectivity index (χ2v) is 4.58. The Balaban J connectivity index is 2.26. The number of aldehydes is 1. The average molecular weight is 264 g/mol. The number of aryl methyl sites for hydroxylation is 1. The van der Waals surface area contributed by atoms with E-state index in [0.29, 0.717) is 17.1 Å². The summed E-state index contributed by atoms with van der Waals surface area (Å²) in [4.78, 5) is 13.1. The molecule has 0 N–H and O–H groups in total. The smallest absolute Gasteiger partial charge is 0.153 e. The van der Waals surface area contributed by atoms with Gasteiger partial charge in [-0.05, 0) is 12.1 Å². The number of carbonyl (C=O) groups excluding carboxylic acids is 1. The van der Waals surface area contributed by atoms with Crippen LogP contribution < -0.4 is 4.90 Å². The SMILES string of the molecule is CN(Cc1cnn(C)c1)c1cccc(Cl)c1C=O. The van der Waals surface area contributed by atoms with Crippen LogP contribution in [0.4, 0.5) is 5.69 Å². The highest BCUT2D eigenvalue weighted by Crippen LogP contribution is 2.26. The molecule has 0 saturated carbocycles. The second kappa shape index (κ2) is 5.23. The zero-order valence-electron chi connectivity index (χ0n) is 10.3. The van der Waals surface area contributed by atoms with Gasteiger partial charge in [0.05, 0.1) is 16.8 Å².